The van der Waals surface area contributed by atoms with Crippen LogP contribution in [0, 0.1) is 0 Å². The summed E-state index contributed by atoms with van der Waals surface area (Å²) in [7, 11) is 1.95. The van der Waals surface area contributed by atoms with E-state index in [4.69, 9.17) is 0 Å². The number of anilines is 1. The lowest BCUT2D eigenvalue weighted by atomic mass is 9.93. The highest BCUT2D eigenvalue weighted by Gasteiger charge is 2.07. The predicted octanol–water partition coefficient (Wildman–Crippen LogP) is 5.11. The van der Waals surface area contributed by atoms with Crippen LogP contribution in [-0.4, -0.2) is 7.05 Å². The second kappa shape index (κ2) is 5.38. The topological polar surface area (TPSA) is 12.0 Å². The van der Waals surface area contributed by atoms with E-state index in [0.29, 0.717) is 0 Å². The minimum Gasteiger partial charge on any atom is -0.388 e. The highest BCUT2D eigenvalue weighted by atomic mass is 14.8. The first-order valence-corrected chi connectivity index (χ1v) is 7.12. The number of benzene rings is 3. The minimum absolute atomic E-state index is 1.05. The number of rotatable bonds is 3. The molecule has 1 nitrogen and oxygen atoms in total. The van der Waals surface area contributed by atoms with Crippen molar-refractivity contribution >= 4 is 16.5 Å². The smallest absolute Gasteiger partial charge is 0.0337 e. The zero-order valence-electron chi connectivity index (χ0n) is 12.0. The number of nitrogens with one attached hydrogen (secondary N) is 1. The van der Waals surface area contributed by atoms with E-state index >= 15 is 0 Å². The molecule has 0 radical (unpaired) electrons. The zero-order chi connectivity index (χ0) is 13.9. The summed E-state index contributed by atoms with van der Waals surface area (Å²) >= 11 is 0. The Morgan fingerprint density at radius 2 is 1.60 bits per heavy atom. The van der Waals surface area contributed by atoms with Crippen LogP contribution < -0.4 is 5.32 Å². The van der Waals surface area contributed by atoms with Crippen molar-refractivity contribution < 1.29 is 0 Å². The Balaban J connectivity index is 2.19. The molecule has 0 amide bonds. The summed E-state index contributed by atoms with van der Waals surface area (Å²) < 4.78 is 0. The van der Waals surface area contributed by atoms with Gasteiger partial charge in [-0.15, -0.1) is 0 Å². The molecule has 0 fully saturated rings. The Morgan fingerprint density at radius 1 is 0.850 bits per heavy atom. The van der Waals surface area contributed by atoms with E-state index in [-0.39, 0.29) is 0 Å². The van der Waals surface area contributed by atoms with E-state index in [1.54, 1.807) is 0 Å². The van der Waals surface area contributed by atoms with Crippen LogP contribution in [0.5, 0.6) is 0 Å². The molecule has 0 saturated heterocycles. The second-order valence-corrected chi connectivity index (χ2v) is 4.99. The molecule has 0 saturated carbocycles. The fourth-order valence-electron chi connectivity index (χ4n) is 2.80. The van der Waals surface area contributed by atoms with Crippen molar-refractivity contribution in [2.75, 3.05) is 12.4 Å². The molecular formula is C19H19N. The maximum Gasteiger partial charge on any atom is 0.0337 e. The summed E-state index contributed by atoms with van der Waals surface area (Å²) in [4.78, 5) is 0. The molecule has 100 valence electrons. The van der Waals surface area contributed by atoms with Crippen LogP contribution in [0.4, 0.5) is 5.69 Å². The molecule has 0 aromatic heterocycles. The highest BCUT2D eigenvalue weighted by molar-refractivity contribution is 5.91. The molecule has 3 aromatic carbocycles. The van der Waals surface area contributed by atoms with Crippen LogP contribution in [0.3, 0.4) is 0 Å². The summed E-state index contributed by atoms with van der Waals surface area (Å²) in [5.74, 6) is 0. The van der Waals surface area contributed by atoms with E-state index in [1.165, 1.54) is 27.5 Å². The lowest BCUT2D eigenvalue weighted by Crippen LogP contribution is -1.91. The van der Waals surface area contributed by atoms with Crippen molar-refractivity contribution in [3.8, 4) is 11.1 Å². The van der Waals surface area contributed by atoms with Gasteiger partial charge in [0.05, 0.1) is 0 Å². The summed E-state index contributed by atoms with van der Waals surface area (Å²) in [6.45, 7) is 2.23. The normalized spacial score (nSPS) is 10.7. The fraction of sp³-hybridized carbons (Fsp3) is 0.158. The van der Waals surface area contributed by atoms with E-state index in [2.05, 4.69) is 72.9 Å². The third kappa shape index (κ3) is 2.16. The number of fused-ring (bicyclic) bond motifs is 1. The molecule has 0 aliphatic rings. The van der Waals surface area contributed by atoms with E-state index in [0.717, 1.165) is 12.1 Å². The van der Waals surface area contributed by atoms with Gasteiger partial charge in [0.15, 0.2) is 0 Å². The van der Waals surface area contributed by atoms with Gasteiger partial charge in [-0.05, 0) is 46.0 Å². The maximum absolute atomic E-state index is 3.16. The Morgan fingerprint density at radius 3 is 2.30 bits per heavy atom. The van der Waals surface area contributed by atoms with Gasteiger partial charge < -0.3 is 5.32 Å². The van der Waals surface area contributed by atoms with Crippen LogP contribution in [-0.2, 0) is 6.42 Å². The van der Waals surface area contributed by atoms with Gasteiger partial charge in [-0.25, -0.2) is 0 Å². The molecule has 0 aliphatic heterocycles. The SMILES string of the molecule is CCc1c(-c2ccc(NC)cc2)ccc2ccccc12. The molecule has 0 aliphatic carbocycles. The predicted molar refractivity (Wildman–Crippen MR) is 88.3 cm³/mol. The summed E-state index contributed by atoms with van der Waals surface area (Å²) in [6, 6.07) is 21.7. The van der Waals surface area contributed by atoms with Crippen LogP contribution in [0.1, 0.15) is 12.5 Å². The third-order valence-corrected chi connectivity index (χ3v) is 3.88. The first-order valence-electron chi connectivity index (χ1n) is 7.12. The molecule has 1 heteroatoms. The molecule has 20 heavy (non-hydrogen) atoms. The lowest BCUT2D eigenvalue weighted by molar-refractivity contribution is 1.16. The van der Waals surface area contributed by atoms with Gasteiger partial charge in [-0.2, -0.15) is 0 Å². The molecule has 0 unspecified atom stereocenters. The first-order chi connectivity index (χ1) is 9.83. The Bertz CT molecular complexity index is 726. The monoisotopic (exact) mass is 261 g/mol. The van der Waals surface area contributed by atoms with Gasteiger partial charge in [-0.3, -0.25) is 0 Å². The molecule has 3 rings (SSSR count). The number of hydrogen-bond acceptors (Lipinski definition) is 1. The Hall–Kier alpha value is -2.28. The average molecular weight is 261 g/mol. The largest absolute Gasteiger partial charge is 0.388 e. The van der Waals surface area contributed by atoms with Gasteiger partial charge in [0.1, 0.15) is 0 Å². The second-order valence-electron chi connectivity index (χ2n) is 4.99. The summed E-state index contributed by atoms with van der Waals surface area (Å²) in [6.07, 6.45) is 1.05. The van der Waals surface area contributed by atoms with Crippen LogP contribution >= 0.6 is 0 Å². The quantitative estimate of drug-likeness (QED) is 0.690. The third-order valence-electron chi connectivity index (χ3n) is 3.88. The van der Waals surface area contributed by atoms with Crippen molar-refractivity contribution in [1.29, 1.82) is 0 Å². The number of hydrogen-bond donors (Lipinski definition) is 1. The average Bonchev–Trinajstić information content (AvgIpc) is 2.54. The van der Waals surface area contributed by atoms with Crippen molar-refractivity contribution in [1.82, 2.24) is 0 Å². The van der Waals surface area contributed by atoms with Crippen molar-refractivity contribution in [2.45, 2.75) is 13.3 Å². The van der Waals surface area contributed by atoms with E-state index in [1.807, 2.05) is 7.05 Å². The van der Waals surface area contributed by atoms with E-state index < -0.39 is 0 Å². The maximum atomic E-state index is 3.16. The molecule has 3 aromatic rings. The van der Waals surface area contributed by atoms with Gasteiger partial charge in [-0.1, -0.05) is 55.5 Å². The van der Waals surface area contributed by atoms with Gasteiger partial charge in [0.25, 0.3) is 0 Å². The highest BCUT2D eigenvalue weighted by Crippen LogP contribution is 2.31. The van der Waals surface area contributed by atoms with Crippen molar-refractivity contribution in [3.05, 3.63) is 66.2 Å². The molecule has 0 atom stereocenters. The number of aryl methyl sites for hydroxylation is 1. The van der Waals surface area contributed by atoms with Gasteiger partial charge >= 0.3 is 0 Å². The van der Waals surface area contributed by atoms with Crippen LogP contribution in [0.15, 0.2) is 60.7 Å². The Kier molecular flexibility index (Phi) is 3.42. The summed E-state index contributed by atoms with van der Waals surface area (Å²) in [5, 5.41) is 5.85. The Labute approximate surface area is 120 Å². The molecule has 1 N–H and O–H groups in total. The molecular weight excluding hydrogens is 242 g/mol. The standard InChI is InChI=1S/C19H19N/c1-3-17-18-7-5-4-6-14(18)10-13-19(17)15-8-11-16(20-2)12-9-15/h4-13,20H,3H2,1-2H3. The van der Waals surface area contributed by atoms with Gasteiger partial charge in [0, 0.05) is 12.7 Å². The van der Waals surface area contributed by atoms with Crippen LogP contribution in [0.25, 0.3) is 21.9 Å². The van der Waals surface area contributed by atoms with E-state index in [9.17, 15) is 0 Å². The zero-order valence-corrected chi connectivity index (χ0v) is 12.0. The molecule has 0 heterocycles. The minimum atomic E-state index is 1.05. The van der Waals surface area contributed by atoms with Crippen molar-refractivity contribution in [2.24, 2.45) is 0 Å². The first kappa shape index (κ1) is 12.7. The fourth-order valence-corrected chi connectivity index (χ4v) is 2.80. The van der Waals surface area contributed by atoms with Gasteiger partial charge in [0.2, 0.25) is 0 Å². The molecule has 0 bridgehead atoms. The lowest BCUT2D eigenvalue weighted by Gasteiger charge is -2.12. The molecule has 0 spiro atoms. The van der Waals surface area contributed by atoms with Crippen LogP contribution in [0.2, 0.25) is 0 Å². The van der Waals surface area contributed by atoms with Crippen molar-refractivity contribution in [3.63, 3.8) is 0 Å². The summed E-state index contributed by atoms with van der Waals surface area (Å²) in [5.41, 5.74) is 5.20.